The molecule has 0 radical (unpaired) electrons. The van der Waals surface area contributed by atoms with Crippen LogP contribution in [0.2, 0.25) is 5.02 Å². The van der Waals surface area contributed by atoms with Gasteiger partial charge in [0, 0.05) is 30.2 Å². The first-order valence-corrected chi connectivity index (χ1v) is 11.5. The van der Waals surface area contributed by atoms with Crippen molar-refractivity contribution in [3.05, 3.63) is 63.7 Å². The summed E-state index contributed by atoms with van der Waals surface area (Å²) in [5.41, 5.74) is 0.653. The van der Waals surface area contributed by atoms with Crippen molar-refractivity contribution in [3.8, 4) is 16.9 Å². The molecule has 0 saturated carbocycles. The maximum absolute atomic E-state index is 13.0. The third kappa shape index (κ3) is 5.78. The van der Waals surface area contributed by atoms with Crippen LogP contribution in [0.5, 0.6) is 0 Å². The van der Waals surface area contributed by atoms with Crippen molar-refractivity contribution in [3.63, 3.8) is 0 Å². The highest BCUT2D eigenvalue weighted by molar-refractivity contribution is 7.88. The van der Waals surface area contributed by atoms with Gasteiger partial charge >= 0.3 is 0 Å². The van der Waals surface area contributed by atoms with Crippen LogP contribution in [0.1, 0.15) is 17.3 Å². The number of aromatic nitrogens is 4. The molecule has 0 aliphatic rings. The summed E-state index contributed by atoms with van der Waals surface area (Å²) in [7, 11) is -1.72. The zero-order chi connectivity index (χ0) is 22.8. The first-order chi connectivity index (χ1) is 14.5. The van der Waals surface area contributed by atoms with Crippen LogP contribution in [-0.2, 0) is 17.1 Å². The molecule has 0 spiro atoms. The van der Waals surface area contributed by atoms with E-state index in [1.165, 1.54) is 16.9 Å². The molecule has 2 heterocycles. The molecular formula is C19H21ClN6O4S. The predicted octanol–water partition coefficient (Wildman–Crippen LogP) is 0.954. The summed E-state index contributed by atoms with van der Waals surface area (Å²) in [6.45, 7) is 1.60. The van der Waals surface area contributed by atoms with Crippen molar-refractivity contribution in [2.45, 2.75) is 13.0 Å². The Hall–Kier alpha value is -3.02. The number of carbonyl (C=O) groups excluding carboxylic acids is 1. The number of amides is 1. The van der Waals surface area contributed by atoms with Gasteiger partial charge in [-0.15, -0.1) is 0 Å². The highest BCUT2D eigenvalue weighted by Gasteiger charge is 2.20. The first kappa shape index (κ1) is 22.7. The van der Waals surface area contributed by atoms with Gasteiger partial charge in [-0.3, -0.25) is 14.3 Å². The number of hydrogen-bond donors (Lipinski definition) is 2. The molecule has 2 aromatic heterocycles. The lowest BCUT2D eigenvalue weighted by atomic mass is 10.1. The number of hydrogen-bond acceptors (Lipinski definition) is 6. The molecule has 0 aliphatic carbocycles. The minimum atomic E-state index is -3.41. The normalized spacial score (nSPS) is 12.5. The van der Waals surface area contributed by atoms with E-state index in [4.69, 9.17) is 11.6 Å². The van der Waals surface area contributed by atoms with Crippen LogP contribution in [-0.4, -0.2) is 52.7 Å². The number of aryl methyl sites for hydroxylation is 1. The molecule has 0 bridgehead atoms. The van der Waals surface area contributed by atoms with Gasteiger partial charge in [0.05, 0.1) is 24.3 Å². The SMILES string of the molecule is CC(CNS(C)(=O)=O)NC(=O)c1cc(-c2ccc(Cl)cc2)nn(-c2cnn(C)c2)c1=O. The fourth-order valence-corrected chi connectivity index (χ4v) is 3.42. The lowest BCUT2D eigenvalue weighted by molar-refractivity contribution is 0.0938. The maximum Gasteiger partial charge on any atom is 0.284 e. The predicted molar refractivity (Wildman–Crippen MR) is 117 cm³/mol. The fraction of sp³-hybridized carbons (Fsp3) is 0.263. The smallest absolute Gasteiger partial charge is 0.284 e. The number of nitrogens with one attached hydrogen (secondary N) is 2. The molecule has 1 aromatic carbocycles. The number of halogens is 1. The van der Waals surface area contributed by atoms with Crippen molar-refractivity contribution in [1.82, 2.24) is 29.6 Å². The Morgan fingerprint density at radius 1 is 1.26 bits per heavy atom. The topological polar surface area (TPSA) is 128 Å². The average Bonchev–Trinajstić information content (AvgIpc) is 3.13. The molecule has 1 unspecified atom stereocenters. The van der Waals surface area contributed by atoms with E-state index < -0.39 is 27.5 Å². The standard InChI is InChI=1S/C19H21ClN6O4S/c1-12(9-22-31(3,29)30)23-18(27)16-8-17(13-4-6-14(20)7-5-13)24-26(19(16)28)15-10-21-25(2)11-15/h4-8,10-12,22H,9H2,1-3H3,(H,23,27). The van der Waals surface area contributed by atoms with E-state index in [0.29, 0.717) is 22.0 Å². The maximum atomic E-state index is 13.0. The second-order valence-electron chi connectivity index (χ2n) is 7.03. The van der Waals surface area contributed by atoms with Crippen molar-refractivity contribution in [1.29, 1.82) is 0 Å². The monoisotopic (exact) mass is 464 g/mol. The largest absolute Gasteiger partial charge is 0.348 e. The summed E-state index contributed by atoms with van der Waals surface area (Å²) >= 11 is 5.96. The minimum absolute atomic E-state index is 0.0174. The Balaban J connectivity index is 2.02. The number of sulfonamides is 1. The van der Waals surface area contributed by atoms with Crippen LogP contribution in [0.3, 0.4) is 0 Å². The van der Waals surface area contributed by atoms with Crippen LogP contribution >= 0.6 is 11.6 Å². The fourth-order valence-electron chi connectivity index (χ4n) is 2.74. The van der Waals surface area contributed by atoms with Crippen LogP contribution in [0.25, 0.3) is 16.9 Å². The Morgan fingerprint density at radius 3 is 2.52 bits per heavy atom. The van der Waals surface area contributed by atoms with E-state index in [1.54, 1.807) is 44.4 Å². The Bertz CT molecular complexity index is 1270. The quantitative estimate of drug-likeness (QED) is 0.536. The minimum Gasteiger partial charge on any atom is -0.348 e. The molecule has 0 fully saturated rings. The molecule has 2 N–H and O–H groups in total. The average molecular weight is 465 g/mol. The Labute approximate surface area is 183 Å². The van der Waals surface area contributed by atoms with Gasteiger partial charge in [0.2, 0.25) is 10.0 Å². The van der Waals surface area contributed by atoms with Gasteiger partial charge in [-0.05, 0) is 25.1 Å². The zero-order valence-electron chi connectivity index (χ0n) is 17.0. The van der Waals surface area contributed by atoms with Crippen molar-refractivity contribution >= 4 is 27.5 Å². The van der Waals surface area contributed by atoms with Crippen molar-refractivity contribution in [2.75, 3.05) is 12.8 Å². The zero-order valence-corrected chi connectivity index (χ0v) is 18.6. The van der Waals surface area contributed by atoms with Gasteiger partial charge in [0.1, 0.15) is 11.3 Å². The number of rotatable bonds is 7. The van der Waals surface area contributed by atoms with Gasteiger partial charge in [0.15, 0.2) is 0 Å². The molecule has 3 rings (SSSR count). The van der Waals surface area contributed by atoms with E-state index in [0.717, 1.165) is 10.9 Å². The second-order valence-corrected chi connectivity index (χ2v) is 9.30. The van der Waals surface area contributed by atoms with E-state index in [9.17, 15) is 18.0 Å². The summed E-state index contributed by atoms with van der Waals surface area (Å²) in [5.74, 6) is -0.650. The van der Waals surface area contributed by atoms with Gasteiger partial charge < -0.3 is 5.32 Å². The molecule has 12 heteroatoms. The molecule has 3 aromatic rings. The molecule has 10 nitrogen and oxygen atoms in total. The van der Waals surface area contributed by atoms with Gasteiger partial charge in [-0.25, -0.2) is 13.1 Å². The molecule has 1 atom stereocenters. The van der Waals surface area contributed by atoms with E-state index >= 15 is 0 Å². The number of benzene rings is 1. The van der Waals surface area contributed by atoms with E-state index in [2.05, 4.69) is 20.2 Å². The lowest BCUT2D eigenvalue weighted by Gasteiger charge is -2.15. The molecule has 0 aliphatic heterocycles. The lowest BCUT2D eigenvalue weighted by Crippen LogP contribution is -2.43. The Morgan fingerprint density at radius 2 is 1.94 bits per heavy atom. The summed E-state index contributed by atoms with van der Waals surface area (Å²) < 4.78 is 27.5. The molecule has 0 saturated heterocycles. The molecule has 164 valence electrons. The van der Waals surface area contributed by atoms with E-state index in [-0.39, 0.29) is 12.1 Å². The van der Waals surface area contributed by atoms with Gasteiger partial charge in [0.25, 0.3) is 11.5 Å². The number of nitrogens with zero attached hydrogens (tertiary/aromatic N) is 4. The van der Waals surface area contributed by atoms with Gasteiger partial charge in [-0.1, -0.05) is 23.7 Å². The van der Waals surface area contributed by atoms with E-state index in [1.807, 2.05) is 0 Å². The van der Waals surface area contributed by atoms with Crippen molar-refractivity contribution in [2.24, 2.45) is 7.05 Å². The Kier molecular flexibility index (Phi) is 6.58. The second kappa shape index (κ2) is 9.00. The first-order valence-electron chi connectivity index (χ1n) is 9.18. The molecule has 31 heavy (non-hydrogen) atoms. The van der Waals surface area contributed by atoms with Crippen LogP contribution in [0, 0.1) is 0 Å². The highest BCUT2D eigenvalue weighted by atomic mass is 35.5. The molecular weight excluding hydrogens is 444 g/mol. The van der Waals surface area contributed by atoms with Crippen LogP contribution in [0.15, 0.2) is 47.5 Å². The van der Waals surface area contributed by atoms with Crippen LogP contribution < -0.4 is 15.6 Å². The summed E-state index contributed by atoms with van der Waals surface area (Å²) in [4.78, 5) is 25.9. The van der Waals surface area contributed by atoms with Crippen molar-refractivity contribution < 1.29 is 13.2 Å². The summed E-state index contributed by atoms with van der Waals surface area (Å²) in [6.07, 6.45) is 4.08. The van der Waals surface area contributed by atoms with Gasteiger partial charge in [-0.2, -0.15) is 14.9 Å². The third-order valence-electron chi connectivity index (χ3n) is 4.26. The van der Waals surface area contributed by atoms with Crippen LogP contribution in [0.4, 0.5) is 0 Å². The molecule has 1 amide bonds. The third-order valence-corrected chi connectivity index (χ3v) is 5.20. The summed E-state index contributed by atoms with van der Waals surface area (Å²) in [5, 5.41) is 11.6. The summed E-state index contributed by atoms with van der Waals surface area (Å²) in [6, 6.07) is 7.64. The highest BCUT2D eigenvalue weighted by Crippen LogP contribution is 2.20. The number of carbonyl (C=O) groups is 1.